The number of benzene rings is 3. The van der Waals surface area contributed by atoms with E-state index < -0.39 is 73.6 Å². The van der Waals surface area contributed by atoms with Crippen LogP contribution < -0.4 is 0 Å². The Morgan fingerprint density at radius 1 is 0.854 bits per heavy atom. The summed E-state index contributed by atoms with van der Waals surface area (Å²) in [5, 5.41) is 0. The molecule has 260 valence electrons. The second-order valence-electron chi connectivity index (χ2n) is 11.6. The van der Waals surface area contributed by atoms with Crippen LogP contribution in [0.2, 0.25) is 0 Å². The number of carbonyl (C=O) groups is 1. The highest BCUT2D eigenvalue weighted by Gasteiger charge is 2.73. The van der Waals surface area contributed by atoms with Crippen molar-refractivity contribution in [2.45, 2.75) is 53.5 Å². The van der Waals surface area contributed by atoms with Gasteiger partial charge >= 0.3 is 12.4 Å². The highest BCUT2D eigenvalue weighted by Crippen LogP contribution is 2.55. The summed E-state index contributed by atoms with van der Waals surface area (Å²) in [6.45, 7) is -0.756. The number of morpholine rings is 1. The van der Waals surface area contributed by atoms with Crippen LogP contribution in [0.1, 0.15) is 36.0 Å². The van der Waals surface area contributed by atoms with Crippen molar-refractivity contribution in [3.05, 3.63) is 101 Å². The van der Waals surface area contributed by atoms with E-state index in [1.807, 2.05) is 0 Å². The number of rotatable bonds is 8. The summed E-state index contributed by atoms with van der Waals surface area (Å²) >= 11 is 0. The van der Waals surface area contributed by atoms with Crippen molar-refractivity contribution in [3.8, 4) is 0 Å². The molecule has 0 bridgehead atoms. The van der Waals surface area contributed by atoms with Crippen molar-refractivity contribution in [2.24, 2.45) is 5.92 Å². The smallest absolute Gasteiger partial charge is 0.378 e. The van der Waals surface area contributed by atoms with Crippen LogP contribution in [-0.4, -0.2) is 57.9 Å². The van der Waals surface area contributed by atoms with E-state index in [2.05, 4.69) is 4.74 Å². The summed E-state index contributed by atoms with van der Waals surface area (Å²) in [5.74, 6) is -4.88. The Kier molecular flexibility index (Phi) is 9.67. The number of amides is 1. The molecule has 1 aliphatic carbocycles. The average molecular weight is 710 g/mol. The number of nitrogens with zero attached hydrogens (tertiary/aromatic N) is 1. The number of sulfone groups is 1. The van der Waals surface area contributed by atoms with Gasteiger partial charge in [0.1, 0.15) is 22.2 Å². The number of hydrogen-bond donors (Lipinski definition) is 0. The van der Waals surface area contributed by atoms with E-state index in [1.165, 1.54) is 4.90 Å². The highest BCUT2D eigenvalue weighted by molar-refractivity contribution is 7.92. The highest BCUT2D eigenvalue weighted by atomic mass is 32.2. The van der Waals surface area contributed by atoms with Crippen molar-refractivity contribution in [1.29, 1.82) is 0 Å². The molecular weight excluding hydrogens is 681 g/mol. The fourth-order valence-electron chi connectivity index (χ4n) is 6.36. The number of halogens is 9. The Labute approximate surface area is 269 Å². The lowest BCUT2D eigenvalue weighted by Crippen LogP contribution is -2.56. The van der Waals surface area contributed by atoms with Gasteiger partial charge in [-0.15, -0.1) is 0 Å². The molecule has 2 atom stereocenters. The number of ether oxygens (including phenoxy) is 2. The van der Waals surface area contributed by atoms with Crippen LogP contribution in [0.25, 0.3) is 0 Å². The third kappa shape index (κ3) is 6.17. The van der Waals surface area contributed by atoms with Gasteiger partial charge in [0, 0.05) is 30.1 Å². The maximum Gasteiger partial charge on any atom is 0.430 e. The lowest BCUT2D eigenvalue weighted by Gasteiger charge is -2.38. The van der Waals surface area contributed by atoms with Crippen LogP contribution >= 0.6 is 0 Å². The van der Waals surface area contributed by atoms with Gasteiger partial charge in [0.25, 0.3) is 5.60 Å². The van der Waals surface area contributed by atoms with E-state index in [0.717, 1.165) is 42.5 Å². The first kappa shape index (κ1) is 35.7. The zero-order chi connectivity index (χ0) is 35.1. The van der Waals surface area contributed by atoms with Crippen molar-refractivity contribution in [3.63, 3.8) is 0 Å². The van der Waals surface area contributed by atoms with Gasteiger partial charge in [0.15, 0.2) is 9.84 Å². The molecule has 1 saturated carbocycles. The molecule has 2 fully saturated rings. The summed E-state index contributed by atoms with van der Waals surface area (Å²) < 4.78 is 165. The van der Waals surface area contributed by atoms with Crippen LogP contribution in [0.15, 0.2) is 71.6 Å². The molecule has 1 amide bonds. The molecule has 0 aromatic heterocycles. The minimum absolute atomic E-state index is 0.0186. The number of carbonyl (C=O) groups excluding carboxylic acids is 1. The van der Waals surface area contributed by atoms with Crippen molar-refractivity contribution >= 4 is 15.7 Å². The van der Waals surface area contributed by atoms with Gasteiger partial charge in [-0.25, -0.2) is 21.6 Å². The van der Waals surface area contributed by atoms with Crippen LogP contribution in [-0.2, 0) is 41.1 Å². The van der Waals surface area contributed by atoms with Gasteiger partial charge in [-0.3, -0.25) is 4.79 Å². The largest absolute Gasteiger partial charge is 0.430 e. The van der Waals surface area contributed by atoms with E-state index in [9.17, 15) is 52.7 Å². The first-order valence-electron chi connectivity index (χ1n) is 14.6. The second kappa shape index (κ2) is 13.0. The van der Waals surface area contributed by atoms with Crippen molar-refractivity contribution in [2.75, 3.05) is 26.3 Å². The molecule has 0 unspecified atom stereocenters. The van der Waals surface area contributed by atoms with E-state index >= 15 is 0 Å². The molecule has 1 saturated heterocycles. The SMILES string of the molecule is O=C([C@H]1CC[C@](c2ccc(C(OCc3c(F)cccc3F)(C(F)(F)F)C(F)(F)F)cc2)(S(=O)(=O)c2ccc(F)cc2)C1)N1CCOCC1. The fourth-order valence-corrected chi connectivity index (χ4v) is 8.56. The fraction of sp³-hybridized carbons (Fsp3) is 0.406. The summed E-state index contributed by atoms with van der Waals surface area (Å²) in [6, 6.07) is 8.20. The molecule has 1 aliphatic heterocycles. The van der Waals surface area contributed by atoms with Gasteiger partial charge in [-0.05, 0) is 61.2 Å². The molecule has 2 aliphatic rings. The Bertz CT molecular complexity index is 1710. The summed E-state index contributed by atoms with van der Waals surface area (Å²) in [6.07, 6.45) is -13.0. The quantitative estimate of drug-likeness (QED) is 0.187. The van der Waals surface area contributed by atoms with E-state index in [4.69, 9.17) is 4.74 Å². The number of alkyl halides is 6. The van der Waals surface area contributed by atoms with Gasteiger partial charge in [-0.2, -0.15) is 26.3 Å². The summed E-state index contributed by atoms with van der Waals surface area (Å²) in [7, 11) is -4.55. The summed E-state index contributed by atoms with van der Waals surface area (Å²) in [5.41, 5.74) is -8.00. The van der Waals surface area contributed by atoms with Crippen LogP contribution in [0, 0.1) is 23.4 Å². The van der Waals surface area contributed by atoms with Crippen LogP contribution in [0.3, 0.4) is 0 Å². The van der Waals surface area contributed by atoms with E-state index in [1.54, 1.807) is 0 Å². The van der Waals surface area contributed by atoms with E-state index in [-0.39, 0.29) is 61.9 Å². The molecule has 0 N–H and O–H groups in total. The molecule has 0 spiro atoms. The molecular formula is C32H28F9NO5S. The first-order valence-corrected chi connectivity index (χ1v) is 16.1. The molecule has 5 rings (SSSR count). The molecule has 1 heterocycles. The van der Waals surface area contributed by atoms with Crippen LogP contribution in [0.4, 0.5) is 39.5 Å². The number of hydrogen-bond acceptors (Lipinski definition) is 5. The monoisotopic (exact) mass is 709 g/mol. The van der Waals surface area contributed by atoms with Gasteiger partial charge in [-0.1, -0.05) is 30.3 Å². The Balaban J connectivity index is 1.59. The molecule has 16 heteroatoms. The maximum absolute atomic E-state index is 14.5. The Hall–Kier alpha value is -3.63. The average Bonchev–Trinajstić information content (AvgIpc) is 3.49. The van der Waals surface area contributed by atoms with Crippen LogP contribution in [0.5, 0.6) is 0 Å². The molecule has 6 nitrogen and oxygen atoms in total. The minimum atomic E-state index is -6.21. The molecule has 3 aromatic carbocycles. The Morgan fingerprint density at radius 2 is 1.42 bits per heavy atom. The van der Waals surface area contributed by atoms with E-state index in [0.29, 0.717) is 24.3 Å². The van der Waals surface area contributed by atoms with Gasteiger partial charge < -0.3 is 14.4 Å². The van der Waals surface area contributed by atoms with Crippen molar-refractivity contribution in [1.82, 2.24) is 4.90 Å². The predicted octanol–water partition coefficient (Wildman–Crippen LogP) is 6.97. The van der Waals surface area contributed by atoms with Crippen molar-refractivity contribution < 1.29 is 62.2 Å². The van der Waals surface area contributed by atoms with Gasteiger partial charge in [0.2, 0.25) is 5.91 Å². The topological polar surface area (TPSA) is 72.9 Å². The zero-order valence-corrected chi connectivity index (χ0v) is 25.7. The predicted molar refractivity (Wildman–Crippen MR) is 151 cm³/mol. The lowest BCUT2D eigenvalue weighted by atomic mass is 9.88. The van der Waals surface area contributed by atoms with Gasteiger partial charge in [0.05, 0.1) is 24.7 Å². The minimum Gasteiger partial charge on any atom is -0.378 e. The molecule has 48 heavy (non-hydrogen) atoms. The standard InChI is InChI=1S/C32H28F9NO5S/c33-23-8-10-24(11-9-23)48(44,45)29(13-12-20(18-29)28(43)42-14-16-46-17-15-42)21-4-6-22(7-5-21)30(31(36,37)38,32(39,40)41)47-19-25-26(34)2-1-3-27(25)35/h1-11,20H,12-19H2/t20-,29-/m0/s1. The second-order valence-corrected chi connectivity index (χ2v) is 13.8. The third-order valence-corrected chi connectivity index (χ3v) is 11.4. The molecule has 0 radical (unpaired) electrons. The first-order chi connectivity index (χ1) is 22.4. The molecule has 3 aromatic rings. The maximum atomic E-state index is 14.5. The Morgan fingerprint density at radius 3 is 1.96 bits per heavy atom. The zero-order valence-electron chi connectivity index (χ0n) is 24.9. The third-order valence-electron chi connectivity index (χ3n) is 8.89. The normalized spacial score (nSPS) is 21.0. The lowest BCUT2D eigenvalue weighted by molar-refractivity contribution is -0.392. The summed E-state index contributed by atoms with van der Waals surface area (Å²) in [4.78, 5) is 14.5.